The third-order valence-electron chi connectivity index (χ3n) is 2.70. The van der Waals surface area contributed by atoms with Crippen LogP contribution in [0.4, 0.5) is 16.2 Å². The van der Waals surface area contributed by atoms with E-state index in [1.807, 2.05) is 25.1 Å². The zero-order chi connectivity index (χ0) is 14.7. The van der Waals surface area contributed by atoms with Crippen LogP contribution in [0.2, 0.25) is 0 Å². The molecule has 0 aliphatic rings. The number of aryl methyl sites for hydroxylation is 2. The molecule has 4 N–H and O–H groups in total. The predicted molar refractivity (Wildman–Crippen MR) is 75.5 cm³/mol. The highest BCUT2D eigenvalue weighted by atomic mass is 16.2. The van der Waals surface area contributed by atoms with Crippen LogP contribution in [-0.4, -0.2) is 21.7 Å². The van der Waals surface area contributed by atoms with E-state index in [0.29, 0.717) is 5.69 Å². The molecule has 2 rings (SSSR count). The Morgan fingerprint density at radius 3 is 2.70 bits per heavy atom. The number of aromatic nitrogens is 2. The van der Waals surface area contributed by atoms with Crippen LogP contribution in [0.1, 0.15) is 16.1 Å². The van der Waals surface area contributed by atoms with Gasteiger partial charge in [0.05, 0.1) is 11.9 Å². The summed E-state index contributed by atoms with van der Waals surface area (Å²) in [6.07, 6.45) is 1.37. The van der Waals surface area contributed by atoms with Crippen molar-refractivity contribution >= 4 is 23.3 Å². The molecule has 2 aromatic rings. The van der Waals surface area contributed by atoms with Crippen LogP contribution in [0.25, 0.3) is 0 Å². The van der Waals surface area contributed by atoms with Gasteiger partial charge in [-0.25, -0.2) is 4.79 Å². The van der Waals surface area contributed by atoms with E-state index >= 15 is 0 Å². The van der Waals surface area contributed by atoms with Gasteiger partial charge >= 0.3 is 6.03 Å². The lowest BCUT2D eigenvalue weighted by Gasteiger charge is -2.08. The summed E-state index contributed by atoms with van der Waals surface area (Å²) in [7, 11) is 1.57. The molecule has 104 valence electrons. The second-order valence-corrected chi connectivity index (χ2v) is 4.34. The van der Waals surface area contributed by atoms with Gasteiger partial charge in [0.25, 0.3) is 5.91 Å². The zero-order valence-electron chi connectivity index (χ0n) is 11.2. The Bertz CT molecular complexity index is 663. The van der Waals surface area contributed by atoms with Crippen molar-refractivity contribution in [1.82, 2.24) is 9.78 Å². The number of carbonyl (C=O) groups is 2. The van der Waals surface area contributed by atoms with Crippen molar-refractivity contribution in [3.05, 3.63) is 41.7 Å². The Hall–Kier alpha value is -2.83. The summed E-state index contributed by atoms with van der Waals surface area (Å²) in [5.74, 6) is -0.657. The van der Waals surface area contributed by atoms with Crippen molar-refractivity contribution in [1.29, 1.82) is 0 Å². The number of carbonyl (C=O) groups excluding carboxylic acids is 2. The van der Waals surface area contributed by atoms with Crippen molar-refractivity contribution in [2.45, 2.75) is 6.92 Å². The molecule has 0 aliphatic carbocycles. The number of amides is 3. The third kappa shape index (κ3) is 2.94. The van der Waals surface area contributed by atoms with E-state index < -0.39 is 11.9 Å². The molecule has 0 fully saturated rings. The molecule has 0 aliphatic heterocycles. The van der Waals surface area contributed by atoms with Gasteiger partial charge in [-0.15, -0.1) is 0 Å². The standard InChI is InChI=1S/C13H15N5O2/c1-8-4-3-5-9(6-8)16-13(20)17-10-7-15-18(2)11(10)12(14)19/h3-7H,1-2H3,(H2,14,19)(H2,16,17,20). The summed E-state index contributed by atoms with van der Waals surface area (Å²) < 4.78 is 1.31. The Balaban J connectivity index is 2.11. The SMILES string of the molecule is Cc1cccc(NC(=O)Nc2cnn(C)c2C(N)=O)c1. The van der Waals surface area contributed by atoms with Gasteiger partial charge in [-0.2, -0.15) is 5.10 Å². The molecule has 1 aromatic carbocycles. The Labute approximate surface area is 115 Å². The van der Waals surface area contributed by atoms with Crippen LogP contribution < -0.4 is 16.4 Å². The molecular formula is C13H15N5O2. The lowest BCUT2D eigenvalue weighted by Crippen LogP contribution is -2.23. The molecule has 7 nitrogen and oxygen atoms in total. The van der Waals surface area contributed by atoms with Crippen LogP contribution in [-0.2, 0) is 7.05 Å². The molecule has 0 radical (unpaired) electrons. The largest absolute Gasteiger partial charge is 0.364 e. The summed E-state index contributed by atoms with van der Waals surface area (Å²) >= 11 is 0. The normalized spacial score (nSPS) is 10.1. The number of anilines is 2. The molecule has 0 unspecified atom stereocenters. The van der Waals surface area contributed by atoms with Gasteiger partial charge in [-0.3, -0.25) is 9.48 Å². The lowest BCUT2D eigenvalue weighted by atomic mass is 10.2. The maximum absolute atomic E-state index is 11.9. The molecule has 3 amide bonds. The average molecular weight is 273 g/mol. The minimum absolute atomic E-state index is 0.143. The number of hydrogen-bond donors (Lipinski definition) is 3. The fourth-order valence-electron chi connectivity index (χ4n) is 1.83. The minimum atomic E-state index is -0.657. The second-order valence-electron chi connectivity index (χ2n) is 4.34. The predicted octanol–water partition coefficient (Wildman–Crippen LogP) is 1.47. The average Bonchev–Trinajstić information content (AvgIpc) is 2.70. The molecule has 7 heteroatoms. The summed E-state index contributed by atoms with van der Waals surface area (Å²) in [6.45, 7) is 1.93. The van der Waals surface area contributed by atoms with E-state index in [4.69, 9.17) is 5.73 Å². The molecule has 0 saturated heterocycles. The number of hydrogen-bond acceptors (Lipinski definition) is 3. The maximum atomic E-state index is 11.9. The van der Waals surface area contributed by atoms with E-state index in [9.17, 15) is 9.59 Å². The first-order valence-corrected chi connectivity index (χ1v) is 5.94. The van der Waals surface area contributed by atoms with Crippen molar-refractivity contribution in [2.24, 2.45) is 12.8 Å². The van der Waals surface area contributed by atoms with Crippen molar-refractivity contribution in [2.75, 3.05) is 10.6 Å². The van der Waals surface area contributed by atoms with Gasteiger partial charge in [0.2, 0.25) is 0 Å². The van der Waals surface area contributed by atoms with E-state index in [1.54, 1.807) is 13.1 Å². The van der Waals surface area contributed by atoms with Gasteiger partial charge in [-0.05, 0) is 24.6 Å². The number of urea groups is 1. The van der Waals surface area contributed by atoms with Crippen LogP contribution in [0.5, 0.6) is 0 Å². The smallest absolute Gasteiger partial charge is 0.323 e. The second kappa shape index (κ2) is 5.43. The van der Waals surface area contributed by atoms with Crippen LogP contribution in [0.3, 0.4) is 0 Å². The Kier molecular flexibility index (Phi) is 3.69. The first-order chi connectivity index (χ1) is 9.47. The number of rotatable bonds is 3. The fraction of sp³-hybridized carbons (Fsp3) is 0.154. The topological polar surface area (TPSA) is 102 Å². The van der Waals surface area contributed by atoms with Crippen molar-refractivity contribution in [3.8, 4) is 0 Å². The highest BCUT2D eigenvalue weighted by molar-refractivity contribution is 6.05. The molecule has 0 saturated carbocycles. The van der Waals surface area contributed by atoms with E-state index in [0.717, 1.165) is 5.56 Å². The maximum Gasteiger partial charge on any atom is 0.323 e. The number of benzene rings is 1. The van der Waals surface area contributed by atoms with E-state index in [2.05, 4.69) is 15.7 Å². The highest BCUT2D eigenvalue weighted by Crippen LogP contribution is 2.14. The van der Waals surface area contributed by atoms with Crippen LogP contribution >= 0.6 is 0 Å². The van der Waals surface area contributed by atoms with E-state index in [-0.39, 0.29) is 11.4 Å². The van der Waals surface area contributed by atoms with Crippen molar-refractivity contribution in [3.63, 3.8) is 0 Å². The van der Waals surface area contributed by atoms with Gasteiger partial charge in [0.1, 0.15) is 5.69 Å². The molecule has 1 heterocycles. The van der Waals surface area contributed by atoms with Gasteiger partial charge < -0.3 is 16.4 Å². The molecule has 0 atom stereocenters. The molecule has 0 bridgehead atoms. The van der Waals surface area contributed by atoms with Crippen LogP contribution in [0, 0.1) is 6.92 Å². The highest BCUT2D eigenvalue weighted by Gasteiger charge is 2.15. The minimum Gasteiger partial charge on any atom is -0.364 e. The quantitative estimate of drug-likeness (QED) is 0.789. The van der Waals surface area contributed by atoms with Gasteiger partial charge in [0, 0.05) is 12.7 Å². The summed E-state index contributed by atoms with van der Waals surface area (Å²) in [5, 5.41) is 9.10. The first kappa shape index (κ1) is 13.6. The van der Waals surface area contributed by atoms with Crippen molar-refractivity contribution < 1.29 is 9.59 Å². The van der Waals surface area contributed by atoms with E-state index in [1.165, 1.54) is 10.9 Å². The number of nitrogens with two attached hydrogens (primary N) is 1. The Morgan fingerprint density at radius 1 is 1.30 bits per heavy atom. The monoisotopic (exact) mass is 273 g/mol. The molecule has 0 spiro atoms. The van der Waals surface area contributed by atoms with Gasteiger partial charge in [-0.1, -0.05) is 12.1 Å². The third-order valence-corrected chi connectivity index (χ3v) is 2.70. The molecule has 1 aromatic heterocycles. The Morgan fingerprint density at radius 2 is 2.05 bits per heavy atom. The number of nitrogens with one attached hydrogen (secondary N) is 2. The number of nitrogens with zero attached hydrogens (tertiary/aromatic N) is 2. The van der Waals surface area contributed by atoms with Gasteiger partial charge in [0.15, 0.2) is 0 Å². The lowest BCUT2D eigenvalue weighted by molar-refractivity contribution is 0.0992. The summed E-state index contributed by atoms with van der Waals surface area (Å²) in [6, 6.07) is 6.90. The number of primary amides is 1. The summed E-state index contributed by atoms with van der Waals surface area (Å²) in [4.78, 5) is 23.1. The first-order valence-electron chi connectivity index (χ1n) is 5.94. The van der Waals surface area contributed by atoms with Crippen LogP contribution in [0.15, 0.2) is 30.5 Å². The fourth-order valence-corrected chi connectivity index (χ4v) is 1.83. The molecular weight excluding hydrogens is 258 g/mol. The summed E-state index contributed by atoms with van der Waals surface area (Å²) in [5.41, 5.74) is 7.34. The zero-order valence-corrected chi connectivity index (χ0v) is 11.2. The molecule has 20 heavy (non-hydrogen) atoms.